The maximum atomic E-state index is 4.41. The van der Waals surface area contributed by atoms with Gasteiger partial charge in [0.25, 0.3) is 0 Å². The highest BCUT2D eigenvalue weighted by Crippen LogP contribution is 2.29. The van der Waals surface area contributed by atoms with E-state index in [-0.39, 0.29) is 0 Å². The van der Waals surface area contributed by atoms with E-state index >= 15 is 0 Å². The number of hydrogen-bond acceptors (Lipinski definition) is 5. The van der Waals surface area contributed by atoms with Gasteiger partial charge in [-0.15, -0.1) is 11.8 Å². The zero-order valence-corrected chi connectivity index (χ0v) is 10.8. The molecule has 17 heavy (non-hydrogen) atoms. The maximum Gasteiger partial charge on any atom is 0.152 e. The van der Waals surface area contributed by atoms with Gasteiger partial charge in [0.05, 0.1) is 11.4 Å². The van der Waals surface area contributed by atoms with Crippen LogP contribution < -0.4 is 5.32 Å². The van der Waals surface area contributed by atoms with Crippen molar-refractivity contribution in [1.82, 2.24) is 20.2 Å². The van der Waals surface area contributed by atoms with Crippen LogP contribution in [0.5, 0.6) is 0 Å². The molecule has 89 valence electrons. The molecule has 1 radical (unpaired) electrons. The number of anilines is 2. The van der Waals surface area contributed by atoms with E-state index in [0.29, 0.717) is 0 Å². The minimum absolute atomic E-state index is 0.760. The third kappa shape index (κ3) is 2.58. The molecule has 0 unspecified atom stereocenters. The molecule has 0 atom stereocenters. The molecular formula is C11H14N5S. The summed E-state index contributed by atoms with van der Waals surface area (Å²) in [6, 6.07) is 1.86. The van der Waals surface area contributed by atoms with Crippen molar-refractivity contribution in [3.8, 4) is 0 Å². The van der Waals surface area contributed by atoms with Gasteiger partial charge in [-0.2, -0.15) is 5.10 Å². The average molecular weight is 248 g/mol. The van der Waals surface area contributed by atoms with Crippen LogP contribution in [0.15, 0.2) is 17.3 Å². The zero-order valence-electron chi connectivity index (χ0n) is 9.98. The second kappa shape index (κ2) is 5.18. The van der Waals surface area contributed by atoms with Crippen LogP contribution in [0.2, 0.25) is 0 Å². The highest BCUT2D eigenvalue weighted by molar-refractivity contribution is 7.98. The van der Waals surface area contributed by atoms with Crippen molar-refractivity contribution in [2.75, 3.05) is 11.6 Å². The van der Waals surface area contributed by atoms with E-state index in [9.17, 15) is 0 Å². The van der Waals surface area contributed by atoms with E-state index < -0.39 is 0 Å². The fourth-order valence-corrected chi connectivity index (χ4v) is 2.08. The van der Waals surface area contributed by atoms with Crippen LogP contribution in [-0.2, 0) is 0 Å². The van der Waals surface area contributed by atoms with Crippen LogP contribution in [0.25, 0.3) is 0 Å². The molecule has 6 heteroatoms. The number of aromatic nitrogens is 4. The fraction of sp³-hybridized carbons (Fsp3) is 0.273. The smallest absolute Gasteiger partial charge is 0.152 e. The first-order valence-electron chi connectivity index (χ1n) is 5.23. The monoisotopic (exact) mass is 248 g/mol. The Morgan fingerprint density at radius 1 is 1.41 bits per heavy atom. The summed E-state index contributed by atoms with van der Waals surface area (Å²) in [7, 11) is 0. The molecule has 2 aromatic heterocycles. The first-order chi connectivity index (χ1) is 8.24. The molecule has 0 aromatic carbocycles. The highest BCUT2D eigenvalue weighted by Gasteiger charge is 2.12. The molecule has 2 heterocycles. The molecule has 0 saturated heterocycles. The summed E-state index contributed by atoms with van der Waals surface area (Å²) in [4.78, 5) is 8.81. The van der Waals surface area contributed by atoms with E-state index in [1.54, 1.807) is 18.0 Å². The summed E-state index contributed by atoms with van der Waals surface area (Å²) in [5.74, 6) is 1.53. The van der Waals surface area contributed by atoms with Gasteiger partial charge in [-0.1, -0.05) is 6.92 Å². The minimum Gasteiger partial charge on any atom is -0.335 e. The van der Waals surface area contributed by atoms with Crippen molar-refractivity contribution >= 4 is 23.3 Å². The molecule has 5 nitrogen and oxygen atoms in total. The fourth-order valence-electron chi connectivity index (χ4n) is 1.50. The van der Waals surface area contributed by atoms with Gasteiger partial charge in [0.15, 0.2) is 5.82 Å². The van der Waals surface area contributed by atoms with E-state index in [4.69, 9.17) is 0 Å². The maximum absolute atomic E-state index is 4.41. The quantitative estimate of drug-likeness (QED) is 0.643. The van der Waals surface area contributed by atoms with Crippen molar-refractivity contribution in [3.05, 3.63) is 30.2 Å². The Labute approximate surface area is 104 Å². The van der Waals surface area contributed by atoms with Gasteiger partial charge >= 0.3 is 0 Å². The Bertz CT molecular complexity index is 470. The Balaban J connectivity index is 2.42. The van der Waals surface area contributed by atoms with E-state index in [1.807, 2.05) is 32.6 Å². The number of aryl methyl sites for hydroxylation is 1. The van der Waals surface area contributed by atoms with Crippen LogP contribution in [0, 0.1) is 13.3 Å². The van der Waals surface area contributed by atoms with Crippen LogP contribution in [0.3, 0.4) is 0 Å². The van der Waals surface area contributed by atoms with Crippen molar-refractivity contribution in [3.63, 3.8) is 0 Å². The number of nitrogens with zero attached hydrogens (tertiary/aromatic N) is 3. The van der Waals surface area contributed by atoms with Gasteiger partial charge < -0.3 is 5.32 Å². The topological polar surface area (TPSA) is 66.5 Å². The third-order valence-corrected chi connectivity index (χ3v) is 2.92. The van der Waals surface area contributed by atoms with Gasteiger partial charge in [0.1, 0.15) is 10.9 Å². The Kier molecular flexibility index (Phi) is 3.63. The molecule has 0 aliphatic heterocycles. The molecule has 0 bridgehead atoms. The standard InChI is InChI=1S/C11H14N5S/c1-4-8-10(15-9-5-6-12-16-9)11(17-3)14-7(2)13-8/h4-6H,1-3H3,(H2,12,15,16). The molecule has 2 aromatic rings. The zero-order chi connectivity index (χ0) is 12.3. The third-order valence-electron chi connectivity index (χ3n) is 2.24. The summed E-state index contributed by atoms with van der Waals surface area (Å²) >= 11 is 1.59. The number of hydrogen-bond donors (Lipinski definition) is 2. The van der Waals surface area contributed by atoms with Crippen LogP contribution >= 0.6 is 11.8 Å². The molecule has 0 aliphatic rings. The predicted octanol–water partition coefficient (Wildman–Crippen LogP) is 2.55. The first kappa shape index (κ1) is 11.9. The van der Waals surface area contributed by atoms with E-state index in [1.165, 1.54) is 0 Å². The van der Waals surface area contributed by atoms with Crippen molar-refractivity contribution in [1.29, 1.82) is 0 Å². The number of thioether (sulfide) groups is 1. The molecule has 0 spiro atoms. The van der Waals surface area contributed by atoms with Crippen molar-refractivity contribution in [2.24, 2.45) is 0 Å². The van der Waals surface area contributed by atoms with E-state index in [2.05, 4.69) is 25.5 Å². The van der Waals surface area contributed by atoms with Crippen LogP contribution in [0.4, 0.5) is 11.5 Å². The molecule has 0 amide bonds. The minimum atomic E-state index is 0.760. The SMILES string of the molecule is C[CH]c1nc(C)nc(SC)c1Nc1cc[nH]n1. The Hall–Kier alpha value is -1.56. The van der Waals surface area contributed by atoms with Gasteiger partial charge in [-0.05, 0) is 13.2 Å². The molecule has 2 rings (SSSR count). The number of H-pyrrole nitrogens is 1. The normalized spacial score (nSPS) is 10.5. The largest absolute Gasteiger partial charge is 0.335 e. The lowest BCUT2D eigenvalue weighted by Gasteiger charge is -2.12. The number of nitrogens with one attached hydrogen (secondary N) is 2. The molecular weight excluding hydrogens is 234 g/mol. The van der Waals surface area contributed by atoms with Gasteiger partial charge in [0, 0.05) is 18.7 Å². The second-order valence-electron chi connectivity index (χ2n) is 3.41. The predicted molar refractivity (Wildman–Crippen MR) is 69.5 cm³/mol. The van der Waals surface area contributed by atoms with Gasteiger partial charge in [-0.25, -0.2) is 9.97 Å². The summed E-state index contributed by atoms with van der Waals surface area (Å²) in [5.41, 5.74) is 1.79. The van der Waals surface area contributed by atoms with Gasteiger partial charge in [0.2, 0.25) is 0 Å². The molecule has 0 aliphatic carbocycles. The number of rotatable bonds is 4. The molecule has 2 N–H and O–H groups in total. The lowest BCUT2D eigenvalue weighted by molar-refractivity contribution is 0.945. The van der Waals surface area contributed by atoms with Crippen molar-refractivity contribution in [2.45, 2.75) is 18.9 Å². The lowest BCUT2D eigenvalue weighted by Crippen LogP contribution is -2.04. The molecule has 0 saturated carbocycles. The Morgan fingerprint density at radius 2 is 2.24 bits per heavy atom. The molecule has 0 fully saturated rings. The van der Waals surface area contributed by atoms with Crippen LogP contribution in [-0.4, -0.2) is 26.4 Å². The first-order valence-corrected chi connectivity index (χ1v) is 6.46. The number of aromatic amines is 1. The van der Waals surface area contributed by atoms with E-state index in [0.717, 1.165) is 28.0 Å². The van der Waals surface area contributed by atoms with Crippen LogP contribution in [0.1, 0.15) is 18.4 Å². The summed E-state index contributed by atoms with van der Waals surface area (Å²) < 4.78 is 0. The summed E-state index contributed by atoms with van der Waals surface area (Å²) in [5, 5.41) is 11.0. The summed E-state index contributed by atoms with van der Waals surface area (Å²) in [6.07, 6.45) is 5.73. The average Bonchev–Trinajstić information content (AvgIpc) is 2.83. The van der Waals surface area contributed by atoms with Crippen molar-refractivity contribution < 1.29 is 0 Å². The lowest BCUT2D eigenvalue weighted by atomic mass is 10.2. The summed E-state index contributed by atoms with van der Waals surface area (Å²) in [6.45, 7) is 3.85. The highest BCUT2D eigenvalue weighted by atomic mass is 32.2. The van der Waals surface area contributed by atoms with Gasteiger partial charge in [-0.3, -0.25) is 5.10 Å². The Morgan fingerprint density at radius 3 is 2.82 bits per heavy atom. The second-order valence-corrected chi connectivity index (χ2v) is 4.21.